The minimum absolute atomic E-state index is 0.0183. The van der Waals surface area contributed by atoms with Gasteiger partial charge < -0.3 is 28.5 Å². The van der Waals surface area contributed by atoms with Crippen LogP contribution in [-0.2, 0) is 24.2 Å². The number of aromatic amines is 1. The van der Waals surface area contributed by atoms with Gasteiger partial charge in [0.2, 0.25) is 0 Å². The van der Waals surface area contributed by atoms with Crippen LogP contribution in [0, 0.1) is 0 Å². The maximum Gasteiger partial charge on any atom is 0.494 e. The molecule has 2 aromatic carbocycles. The van der Waals surface area contributed by atoms with E-state index in [2.05, 4.69) is 18.8 Å². The molecule has 3 aromatic rings. The van der Waals surface area contributed by atoms with E-state index >= 15 is 0 Å². The molecule has 0 amide bonds. The lowest BCUT2D eigenvalue weighted by atomic mass is 9.71. The zero-order chi connectivity index (χ0) is 27.3. The summed E-state index contributed by atoms with van der Waals surface area (Å²) in [5.41, 5.74) is 3.82. The average molecular weight is 517 g/mol. The van der Waals surface area contributed by atoms with Crippen molar-refractivity contribution in [1.29, 1.82) is 0 Å². The largest absolute Gasteiger partial charge is 0.494 e. The topological polar surface area (TPSA) is 79.0 Å². The third-order valence-corrected chi connectivity index (χ3v) is 8.61. The van der Waals surface area contributed by atoms with Gasteiger partial charge in [-0.15, -0.1) is 0 Å². The number of carbonyl (C=O) groups is 1. The molecule has 1 atom stereocenters. The Morgan fingerprint density at radius 3 is 2.34 bits per heavy atom. The van der Waals surface area contributed by atoms with Gasteiger partial charge in [-0.3, -0.25) is 4.79 Å². The Morgan fingerprint density at radius 2 is 1.68 bits per heavy atom. The Balaban J connectivity index is 1.32. The summed E-state index contributed by atoms with van der Waals surface area (Å²) in [5, 5.41) is 0.908. The number of rotatable bonds is 4. The van der Waals surface area contributed by atoms with E-state index in [0.29, 0.717) is 24.5 Å². The van der Waals surface area contributed by atoms with Crippen LogP contribution in [0.3, 0.4) is 0 Å². The normalized spacial score (nSPS) is 24.5. The van der Waals surface area contributed by atoms with E-state index in [4.69, 9.17) is 23.5 Å². The van der Waals surface area contributed by atoms with E-state index in [9.17, 15) is 4.79 Å². The summed E-state index contributed by atoms with van der Waals surface area (Å²) in [4.78, 5) is 17.4. The standard InChI is InChI=1S/C30H36BNO6/c1-27(2)22-14-18(34-15-19-16-35-30(7,8)36-19)10-12-20(22)25(33)24-21-11-9-17(13-23(21)32-26(24)27)31-37-28(3,4)29(5,6)38-31/h9-14,19,32H,15-16H2,1-8H3/t19-/m0/s1. The second-order valence-electron chi connectivity index (χ2n) is 12.7. The second kappa shape index (κ2) is 8.18. The number of aromatic nitrogens is 1. The third kappa shape index (κ3) is 3.92. The van der Waals surface area contributed by atoms with Crippen LogP contribution in [0.15, 0.2) is 36.4 Å². The fraction of sp³-hybridized carbons (Fsp3) is 0.500. The quantitative estimate of drug-likeness (QED) is 0.498. The van der Waals surface area contributed by atoms with E-state index in [0.717, 1.165) is 33.2 Å². The first-order chi connectivity index (χ1) is 17.7. The van der Waals surface area contributed by atoms with Crippen molar-refractivity contribution in [2.45, 2.75) is 83.9 Å². The van der Waals surface area contributed by atoms with Crippen LogP contribution in [0.2, 0.25) is 0 Å². The van der Waals surface area contributed by atoms with Crippen molar-refractivity contribution in [2.75, 3.05) is 13.2 Å². The van der Waals surface area contributed by atoms with Gasteiger partial charge in [0.1, 0.15) is 18.5 Å². The molecule has 8 heteroatoms. The smallest absolute Gasteiger partial charge is 0.491 e. The molecule has 1 aromatic heterocycles. The molecular formula is C30H36BNO6. The van der Waals surface area contributed by atoms with Gasteiger partial charge in [-0.2, -0.15) is 0 Å². The molecule has 0 unspecified atom stereocenters. The number of nitrogens with one attached hydrogen (secondary N) is 1. The molecule has 2 aliphatic heterocycles. The lowest BCUT2D eigenvalue weighted by Gasteiger charge is -2.32. The summed E-state index contributed by atoms with van der Waals surface area (Å²) in [6, 6.07) is 11.8. The van der Waals surface area contributed by atoms with E-state index in [1.807, 2.05) is 77.9 Å². The lowest BCUT2D eigenvalue weighted by Crippen LogP contribution is -2.41. The number of H-pyrrole nitrogens is 1. The van der Waals surface area contributed by atoms with Crippen molar-refractivity contribution in [3.8, 4) is 5.75 Å². The Morgan fingerprint density at radius 1 is 0.974 bits per heavy atom. The third-order valence-electron chi connectivity index (χ3n) is 8.61. The van der Waals surface area contributed by atoms with Crippen molar-refractivity contribution in [3.63, 3.8) is 0 Å². The molecule has 1 N–H and O–H groups in total. The van der Waals surface area contributed by atoms with Gasteiger partial charge in [0.25, 0.3) is 0 Å². The summed E-state index contributed by atoms with van der Waals surface area (Å²) in [7, 11) is -0.467. The highest BCUT2D eigenvalue weighted by molar-refractivity contribution is 6.62. The van der Waals surface area contributed by atoms with E-state index in [-0.39, 0.29) is 11.9 Å². The molecular weight excluding hydrogens is 481 g/mol. The molecule has 200 valence electrons. The van der Waals surface area contributed by atoms with Gasteiger partial charge in [0.05, 0.1) is 23.4 Å². The van der Waals surface area contributed by atoms with Crippen LogP contribution in [0.5, 0.6) is 5.75 Å². The van der Waals surface area contributed by atoms with Crippen molar-refractivity contribution in [2.24, 2.45) is 0 Å². The molecule has 7 nitrogen and oxygen atoms in total. The molecule has 0 spiro atoms. The van der Waals surface area contributed by atoms with Gasteiger partial charge in [0.15, 0.2) is 11.6 Å². The van der Waals surface area contributed by atoms with Crippen LogP contribution in [0.4, 0.5) is 0 Å². The zero-order valence-electron chi connectivity index (χ0n) is 23.5. The maximum atomic E-state index is 13.8. The second-order valence-corrected chi connectivity index (χ2v) is 12.7. The van der Waals surface area contributed by atoms with E-state index in [1.54, 1.807) is 0 Å². The fourth-order valence-electron chi connectivity index (χ4n) is 5.68. The molecule has 0 bridgehead atoms. The Hall–Kier alpha value is -2.65. The van der Waals surface area contributed by atoms with Crippen molar-refractivity contribution in [1.82, 2.24) is 4.98 Å². The monoisotopic (exact) mass is 517 g/mol. The average Bonchev–Trinajstić information content (AvgIpc) is 3.46. The Bertz CT molecular complexity index is 1440. The van der Waals surface area contributed by atoms with Gasteiger partial charge in [-0.25, -0.2) is 0 Å². The SMILES string of the molecule is CC1(C)OC[C@H](COc2ccc3c(c2)C(C)(C)c2[nH]c4cc(B5OC(C)(C)C(C)(C)O5)ccc4c2C3=O)O1. The van der Waals surface area contributed by atoms with Gasteiger partial charge in [-0.1, -0.05) is 26.0 Å². The fourth-order valence-corrected chi connectivity index (χ4v) is 5.68. The molecule has 1 aliphatic carbocycles. The van der Waals surface area contributed by atoms with Gasteiger partial charge in [0, 0.05) is 27.6 Å². The zero-order valence-corrected chi connectivity index (χ0v) is 23.5. The molecule has 0 radical (unpaired) electrons. The summed E-state index contributed by atoms with van der Waals surface area (Å²) < 4.78 is 30.1. The number of ketones is 1. The van der Waals surface area contributed by atoms with Gasteiger partial charge >= 0.3 is 7.12 Å². The minimum Gasteiger partial charge on any atom is -0.491 e. The highest BCUT2D eigenvalue weighted by Crippen LogP contribution is 2.45. The van der Waals surface area contributed by atoms with Crippen molar-refractivity contribution < 1.29 is 28.3 Å². The molecule has 3 aliphatic rings. The van der Waals surface area contributed by atoms with Crippen molar-refractivity contribution in [3.05, 3.63) is 58.8 Å². The predicted octanol–water partition coefficient (Wildman–Crippen LogP) is 4.87. The van der Waals surface area contributed by atoms with E-state index in [1.165, 1.54) is 0 Å². The molecule has 38 heavy (non-hydrogen) atoms. The summed E-state index contributed by atoms with van der Waals surface area (Å²) in [6.45, 7) is 17.1. The van der Waals surface area contributed by atoms with Crippen LogP contribution >= 0.6 is 0 Å². The first-order valence-electron chi connectivity index (χ1n) is 13.3. The summed E-state index contributed by atoms with van der Waals surface area (Å²) in [6.07, 6.45) is -0.130. The summed E-state index contributed by atoms with van der Waals surface area (Å²) >= 11 is 0. The molecule has 6 rings (SSSR count). The van der Waals surface area contributed by atoms with Crippen LogP contribution in [0.25, 0.3) is 10.9 Å². The number of fused-ring (bicyclic) bond motifs is 4. The number of carbonyl (C=O) groups excluding carboxylic acids is 1. The highest BCUT2D eigenvalue weighted by atomic mass is 16.7. The molecule has 0 saturated carbocycles. The Labute approximate surface area is 224 Å². The minimum atomic E-state index is -0.591. The first-order valence-corrected chi connectivity index (χ1v) is 13.3. The Kier molecular flexibility index (Phi) is 5.52. The van der Waals surface area contributed by atoms with Crippen LogP contribution in [-0.4, -0.2) is 54.2 Å². The number of ether oxygens (including phenoxy) is 3. The summed E-state index contributed by atoms with van der Waals surface area (Å²) in [5.74, 6) is 0.136. The highest BCUT2D eigenvalue weighted by Gasteiger charge is 2.52. The molecule has 3 heterocycles. The number of benzene rings is 2. The number of hydrogen-bond acceptors (Lipinski definition) is 6. The van der Waals surface area contributed by atoms with Crippen LogP contribution < -0.4 is 10.2 Å². The van der Waals surface area contributed by atoms with Crippen molar-refractivity contribution >= 4 is 29.3 Å². The lowest BCUT2D eigenvalue weighted by molar-refractivity contribution is -0.141. The maximum absolute atomic E-state index is 13.8. The van der Waals surface area contributed by atoms with Gasteiger partial charge in [-0.05, 0) is 76.8 Å². The molecule has 2 saturated heterocycles. The predicted molar refractivity (Wildman–Crippen MR) is 146 cm³/mol. The number of hydrogen-bond donors (Lipinski definition) is 1. The van der Waals surface area contributed by atoms with E-state index < -0.39 is 29.5 Å². The first kappa shape index (κ1) is 25.6. The van der Waals surface area contributed by atoms with Crippen LogP contribution in [0.1, 0.15) is 82.6 Å². The molecule has 2 fully saturated rings.